The van der Waals surface area contributed by atoms with Gasteiger partial charge in [-0.05, 0) is 90.5 Å². The number of cyclic esters (lactones) is 1. The van der Waals surface area contributed by atoms with Crippen molar-refractivity contribution < 1.29 is 88.0 Å². The number of carbonyl (C=O) groups excluding carboxylic acids is 3. The highest BCUT2D eigenvalue weighted by atomic mass is 35.5. The van der Waals surface area contributed by atoms with Crippen molar-refractivity contribution in [2.24, 2.45) is 11.8 Å². The minimum atomic E-state index is -1.61. The molecular formula is C52H74Cl2O18. The van der Waals surface area contributed by atoms with Gasteiger partial charge in [-0.1, -0.05) is 86.9 Å². The summed E-state index contributed by atoms with van der Waals surface area (Å²) in [6, 6.07) is 0. The van der Waals surface area contributed by atoms with Crippen molar-refractivity contribution in [2.75, 3.05) is 13.7 Å². The Labute approximate surface area is 431 Å². The smallest absolute Gasteiger partial charge is 0.342 e. The number of hydrogen-bond donors (Lipinski definition) is 7. The van der Waals surface area contributed by atoms with Gasteiger partial charge < -0.3 is 73.6 Å². The number of aromatic hydroxyl groups is 2. The van der Waals surface area contributed by atoms with Crippen molar-refractivity contribution in [3.05, 3.63) is 79.9 Å². The maximum atomic E-state index is 13.9. The predicted molar refractivity (Wildman–Crippen MR) is 265 cm³/mol. The molecule has 1 aromatic rings. The topological polar surface area (TPSA) is 267 Å². The third kappa shape index (κ3) is 14.7. The Kier molecular flexibility index (Phi) is 22.4. The van der Waals surface area contributed by atoms with Crippen LogP contribution in [0.15, 0.2) is 58.7 Å². The van der Waals surface area contributed by atoms with Crippen LogP contribution in [0.1, 0.15) is 111 Å². The molecule has 20 heteroatoms. The number of aliphatic hydroxyl groups excluding tert-OH is 5. The van der Waals surface area contributed by atoms with E-state index in [9.17, 15) is 50.1 Å². The lowest BCUT2D eigenvalue weighted by atomic mass is 9.88. The summed E-state index contributed by atoms with van der Waals surface area (Å²) in [5.74, 6) is -4.78. The van der Waals surface area contributed by atoms with Gasteiger partial charge in [-0.25, -0.2) is 9.59 Å². The molecule has 3 aliphatic rings. The van der Waals surface area contributed by atoms with Gasteiger partial charge in [-0.2, -0.15) is 0 Å². The van der Waals surface area contributed by atoms with E-state index in [-0.39, 0.29) is 35.4 Å². The second-order valence-electron chi connectivity index (χ2n) is 19.4. The minimum Gasteiger partial charge on any atom is -0.505 e. The van der Waals surface area contributed by atoms with Gasteiger partial charge in [0, 0.05) is 19.4 Å². The van der Waals surface area contributed by atoms with E-state index in [1.54, 1.807) is 53.7 Å². The van der Waals surface area contributed by atoms with Crippen molar-refractivity contribution in [3.8, 4) is 11.5 Å². The molecule has 2 fully saturated rings. The minimum absolute atomic E-state index is 0.0372. The van der Waals surface area contributed by atoms with Crippen LogP contribution in [-0.2, 0) is 53.9 Å². The quantitative estimate of drug-likeness (QED) is 0.0655. The third-order valence-electron chi connectivity index (χ3n) is 13.0. The fraction of sp³-hybridized carbons (Fsp3) is 0.635. The van der Waals surface area contributed by atoms with Gasteiger partial charge in [-0.3, -0.25) is 4.79 Å². The van der Waals surface area contributed by atoms with Gasteiger partial charge in [0.05, 0.1) is 47.5 Å². The number of phenolic OH excluding ortho intramolecular Hbond substituents is 2. The normalized spacial score (nSPS) is 31.5. The van der Waals surface area contributed by atoms with E-state index < -0.39 is 144 Å². The van der Waals surface area contributed by atoms with Crippen LogP contribution < -0.4 is 0 Å². The lowest BCUT2D eigenvalue weighted by Crippen LogP contribution is -2.64. The number of ether oxygens (including phenoxy) is 8. The lowest BCUT2D eigenvalue weighted by Gasteiger charge is -2.47. The third-order valence-corrected chi connectivity index (χ3v) is 13.8. The van der Waals surface area contributed by atoms with Crippen molar-refractivity contribution in [3.63, 3.8) is 0 Å². The first kappa shape index (κ1) is 60.7. The summed E-state index contributed by atoms with van der Waals surface area (Å²) in [6.07, 6.45) is -5.45. The molecule has 14 atom stereocenters. The summed E-state index contributed by atoms with van der Waals surface area (Å²) in [4.78, 5) is 40.0. The van der Waals surface area contributed by atoms with Crippen molar-refractivity contribution in [1.29, 1.82) is 0 Å². The van der Waals surface area contributed by atoms with Crippen LogP contribution in [0.2, 0.25) is 10.0 Å². The zero-order valence-corrected chi connectivity index (χ0v) is 44.5. The standard InChI is InChI=1S/C52H74Cl2O18/c1-13-30-22-26(6)33(56)18-16-15-17-31(23-66-51-45(65-12)42(61)44(29(9)67-51)69-49(64)35-32(14-2)36(53)39(58)37(54)38(35)57)48(63)68-34(28(8)55)20-19-25(5)21-27(7)43(30)70-50-41(60)40(59)46(52(10,11)72-50)71-47(62)24(3)4/h15-17,19,21-22,24,28-30,33-34,40-46,50-51,55-61H,13-14,18,20,23H2,1-12H3/t28?,29-,30+,33+,34+,40-,41+,42+,43?,44-,45+,46+,50-,51-/m1/s1. The molecule has 2 unspecified atom stereocenters. The van der Waals surface area contributed by atoms with Crippen LogP contribution in [0.5, 0.6) is 11.5 Å². The average molecular weight is 1060 g/mol. The first-order valence-electron chi connectivity index (χ1n) is 24.2. The molecular weight excluding hydrogens is 983 g/mol. The summed E-state index contributed by atoms with van der Waals surface area (Å²) in [6.45, 7) is 18.1. The molecule has 0 saturated carbocycles. The Bertz CT molecular complexity index is 2220. The number of aliphatic hydroxyl groups is 5. The van der Waals surface area contributed by atoms with Crippen molar-refractivity contribution >= 4 is 41.1 Å². The number of rotatable bonds is 13. The first-order valence-corrected chi connectivity index (χ1v) is 24.9. The highest BCUT2D eigenvalue weighted by Gasteiger charge is 2.53. The number of halogens is 2. The van der Waals surface area contributed by atoms with E-state index in [1.165, 1.54) is 33.1 Å². The zero-order chi connectivity index (χ0) is 54.1. The highest BCUT2D eigenvalue weighted by molar-refractivity contribution is 6.39. The number of methoxy groups -OCH3 is 1. The molecule has 0 aromatic heterocycles. The predicted octanol–water partition coefficient (Wildman–Crippen LogP) is 6.23. The second kappa shape index (κ2) is 26.5. The molecule has 0 aliphatic carbocycles. The Balaban J connectivity index is 1.61. The van der Waals surface area contributed by atoms with Gasteiger partial charge in [0.2, 0.25) is 0 Å². The molecule has 7 N–H and O–H groups in total. The maximum absolute atomic E-state index is 13.9. The van der Waals surface area contributed by atoms with Gasteiger partial charge >= 0.3 is 17.9 Å². The molecule has 72 heavy (non-hydrogen) atoms. The van der Waals surface area contributed by atoms with Gasteiger partial charge in [0.1, 0.15) is 46.7 Å². The molecule has 0 amide bonds. The number of esters is 3. The Hall–Kier alpha value is -3.89. The average Bonchev–Trinajstić information content (AvgIpc) is 3.32. The van der Waals surface area contributed by atoms with E-state index in [0.29, 0.717) is 23.1 Å². The molecule has 0 radical (unpaired) electrons. The number of allylic oxidation sites excluding steroid dienone is 4. The van der Waals surface area contributed by atoms with E-state index in [4.69, 9.17) is 61.1 Å². The summed E-state index contributed by atoms with van der Waals surface area (Å²) in [5.41, 5.74) is 0.318. The number of phenols is 2. The van der Waals surface area contributed by atoms with Crippen LogP contribution in [0.25, 0.3) is 0 Å². The molecule has 0 spiro atoms. The highest BCUT2D eigenvalue weighted by Crippen LogP contribution is 2.45. The summed E-state index contributed by atoms with van der Waals surface area (Å²) >= 11 is 12.3. The summed E-state index contributed by atoms with van der Waals surface area (Å²) < 4.78 is 47.5. The summed E-state index contributed by atoms with van der Waals surface area (Å²) in [5, 5.41) is 76.5. The second-order valence-corrected chi connectivity index (χ2v) is 20.1. The fourth-order valence-electron chi connectivity index (χ4n) is 8.60. The van der Waals surface area contributed by atoms with Crippen molar-refractivity contribution in [1.82, 2.24) is 0 Å². The molecule has 4 rings (SSSR count). The monoisotopic (exact) mass is 1060 g/mol. The Morgan fingerprint density at radius 1 is 0.903 bits per heavy atom. The van der Waals surface area contributed by atoms with E-state index >= 15 is 0 Å². The van der Waals surface area contributed by atoms with E-state index in [0.717, 1.165) is 0 Å². The number of benzene rings is 1. The van der Waals surface area contributed by atoms with Crippen molar-refractivity contribution in [2.45, 2.75) is 187 Å². The Morgan fingerprint density at radius 2 is 1.57 bits per heavy atom. The fourth-order valence-corrected chi connectivity index (χ4v) is 9.16. The largest absolute Gasteiger partial charge is 0.505 e. The zero-order valence-electron chi connectivity index (χ0n) is 43.0. The molecule has 3 aliphatic heterocycles. The molecule has 3 heterocycles. The maximum Gasteiger partial charge on any atom is 0.342 e. The van der Waals surface area contributed by atoms with E-state index in [1.807, 2.05) is 32.9 Å². The van der Waals surface area contributed by atoms with Crippen LogP contribution in [0, 0.1) is 11.8 Å². The number of hydrogen-bond acceptors (Lipinski definition) is 18. The molecule has 404 valence electrons. The summed E-state index contributed by atoms with van der Waals surface area (Å²) in [7, 11) is 1.26. The van der Waals surface area contributed by atoms with Crippen LogP contribution in [0.4, 0.5) is 0 Å². The van der Waals surface area contributed by atoms with Gasteiger partial charge in [-0.15, -0.1) is 0 Å². The lowest BCUT2D eigenvalue weighted by molar-refractivity contribution is -0.333. The molecule has 1 aromatic carbocycles. The van der Waals surface area contributed by atoms with Crippen LogP contribution in [-0.4, -0.2) is 153 Å². The van der Waals surface area contributed by atoms with E-state index in [2.05, 4.69) is 0 Å². The molecule has 2 saturated heterocycles. The molecule has 0 bridgehead atoms. The van der Waals surface area contributed by atoms with Crippen LogP contribution in [0.3, 0.4) is 0 Å². The van der Waals surface area contributed by atoms with Gasteiger partial charge in [0.15, 0.2) is 36.3 Å². The SMILES string of the molecule is CCc1c(Cl)c(O)c(Cl)c(O)c1C(=O)O[C@H]1[C@H](O)[C@H](OC)[C@H](OCC2=CC=CC[C@H](O)C(C)=C[C@H](CC)C(O[C@@H]3OC(C)(C)[C@@H](OC(=O)C(C)C)[C@H](O)[C@@H]3O)C(C)=CC(C)=CC[C@@H](C(C)O)OC2=O)O[C@@H]1C. The Morgan fingerprint density at radius 3 is 2.17 bits per heavy atom. The van der Waals surface area contributed by atoms with Crippen LogP contribution >= 0.6 is 23.2 Å². The first-order chi connectivity index (χ1) is 33.7. The van der Waals surface area contributed by atoms with Gasteiger partial charge in [0.25, 0.3) is 0 Å². The number of carbonyl (C=O) groups is 3. The molecule has 18 nitrogen and oxygen atoms in total.